The summed E-state index contributed by atoms with van der Waals surface area (Å²) in [7, 11) is 1.75. The first-order chi connectivity index (χ1) is 7.60. The standard InChI is InChI=1S/C13H26O3/c1-5-12(3,7-14-4)8-15-9-13(6-2)10-16-11-13/h5-11H2,1-4H3. The lowest BCUT2D eigenvalue weighted by Crippen LogP contribution is -2.46. The van der Waals surface area contributed by atoms with Crippen LogP contribution >= 0.6 is 0 Å². The zero-order valence-electron chi connectivity index (χ0n) is 11.2. The molecule has 16 heavy (non-hydrogen) atoms. The number of rotatable bonds is 8. The van der Waals surface area contributed by atoms with Crippen LogP contribution < -0.4 is 0 Å². The highest BCUT2D eigenvalue weighted by Gasteiger charge is 2.37. The molecule has 1 heterocycles. The Hall–Kier alpha value is -0.120. The van der Waals surface area contributed by atoms with Crippen molar-refractivity contribution in [1.82, 2.24) is 0 Å². The molecule has 0 aliphatic carbocycles. The predicted molar refractivity (Wildman–Crippen MR) is 64.6 cm³/mol. The Morgan fingerprint density at radius 2 is 1.94 bits per heavy atom. The van der Waals surface area contributed by atoms with Gasteiger partial charge >= 0.3 is 0 Å². The Labute approximate surface area is 99.5 Å². The third kappa shape index (κ3) is 3.44. The van der Waals surface area contributed by atoms with E-state index >= 15 is 0 Å². The van der Waals surface area contributed by atoms with E-state index < -0.39 is 0 Å². The van der Waals surface area contributed by atoms with Gasteiger partial charge in [0.15, 0.2) is 0 Å². The highest BCUT2D eigenvalue weighted by atomic mass is 16.5. The molecule has 0 amide bonds. The molecule has 1 atom stereocenters. The molecule has 3 heteroatoms. The van der Waals surface area contributed by atoms with Gasteiger partial charge in [-0.2, -0.15) is 0 Å². The van der Waals surface area contributed by atoms with Crippen LogP contribution in [0.1, 0.15) is 33.6 Å². The van der Waals surface area contributed by atoms with Crippen molar-refractivity contribution in [2.24, 2.45) is 10.8 Å². The van der Waals surface area contributed by atoms with Crippen molar-refractivity contribution in [1.29, 1.82) is 0 Å². The summed E-state index contributed by atoms with van der Waals surface area (Å²) in [5, 5.41) is 0. The second-order valence-corrected chi connectivity index (χ2v) is 5.44. The fourth-order valence-corrected chi connectivity index (χ4v) is 1.89. The van der Waals surface area contributed by atoms with Crippen molar-refractivity contribution in [3.05, 3.63) is 0 Å². The first-order valence-electron chi connectivity index (χ1n) is 6.24. The molecular formula is C13H26O3. The Morgan fingerprint density at radius 3 is 2.31 bits per heavy atom. The highest BCUT2D eigenvalue weighted by molar-refractivity contribution is 4.84. The maximum absolute atomic E-state index is 5.88. The molecule has 0 aromatic rings. The van der Waals surface area contributed by atoms with Gasteiger partial charge in [0.1, 0.15) is 0 Å². The molecule has 0 N–H and O–H groups in total. The molecule has 1 aliphatic rings. The summed E-state index contributed by atoms with van der Waals surface area (Å²) in [4.78, 5) is 0. The summed E-state index contributed by atoms with van der Waals surface area (Å²) in [6.07, 6.45) is 2.22. The molecule has 1 unspecified atom stereocenters. The van der Waals surface area contributed by atoms with E-state index in [0.29, 0.717) is 5.41 Å². The molecule has 1 aliphatic heterocycles. The minimum absolute atomic E-state index is 0.147. The van der Waals surface area contributed by atoms with Crippen LogP contribution in [-0.4, -0.2) is 40.1 Å². The SMILES string of the molecule is CCC(C)(COC)COCC1(CC)COC1. The topological polar surface area (TPSA) is 27.7 Å². The Balaban J connectivity index is 2.27. The van der Waals surface area contributed by atoms with E-state index in [1.54, 1.807) is 7.11 Å². The van der Waals surface area contributed by atoms with Gasteiger partial charge in [0.05, 0.1) is 33.0 Å². The van der Waals surface area contributed by atoms with Crippen molar-refractivity contribution in [3.63, 3.8) is 0 Å². The van der Waals surface area contributed by atoms with Crippen molar-refractivity contribution < 1.29 is 14.2 Å². The van der Waals surface area contributed by atoms with Gasteiger partial charge in [0, 0.05) is 17.9 Å². The van der Waals surface area contributed by atoms with Gasteiger partial charge in [-0.25, -0.2) is 0 Å². The zero-order chi connectivity index (χ0) is 12.1. The average molecular weight is 230 g/mol. The lowest BCUT2D eigenvalue weighted by atomic mass is 9.84. The maximum Gasteiger partial charge on any atom is 0.0566 e. The van der Waals surface area contributed by atoms with Gasteiger partial charge in [-0.3, -0.25) is 0 Å². The zero-order valence-corrected chi connectivity index (χ0v) is 11.2. The van der Waals surface area contributed by atoms with E-state index in [2.05, 4.69) is 20.8 Å². The van der Waals surface area contributed by atoms with Crippen molar-refractivity contribution in [2.45, 2.75) is 33.6 Å². The second kappa shape index (κ2) is 5.99. The molecule has 1 rings (SSSR count). The van der Waals surface area contributed by atoms with Gasteiger partial charge in [0.2, 0.25) is 0 Å². The quantitative estimate of drug-likeness (QED) is 0.641. The molecule has 0 radical (unpaired) electrons. The molecule has 0 saturated carbocycles. The number of hydrogen-bond acceptors (Lipinski definition) is 3. The first kappa shape index (κ1) is 13.9. The van der Waals surface area contributed by atoms with Gasteiger partial charge in [-0.05, 0) is 12.8 Å². The molecule has 0 spiro atoms. The lowest BCUT2D eigenvalue weighted by Gasteiger charge is -2.41. The molecule has 0 aromatic heterocycles. The van der Waals surface area contributed by atoms with Crippen molar-refractivity contribution in [3.8, 4) is 0 Å². The van der Waals surface area contributed by atoms with Crippen LogP contribution in [0.3, 0.4) is 0 Å². The Kier molecular flexibility index (Phi) is 5.22. The number of methoxy groups -OCH3 is 1. The average Bonchev–Trinajstić information content (AvgIpc) is 2.23. The Morgan fingerprint density at radius 1 is 1.25 bits per heavy atom. The van der Waals surface area contributed by atoms with Crippen LogP contribution in [0.2, 0.25) is 0 Å². The van der Waals surface area contributed by atoms with E-state index in [0.717, 1.165) is 45.9 Å². The smallest absolute Gasteiger partial charge is 0.0566 e. The molecule has 1 saturated heterocycles. The van der Waals surface area contributed by atoms with Crippen molar-refractivity contribution in [2.75, 3.05) is 40.1 Å². The summed E-state index contributed by atoms with van der Waals surface area (Å²) in [5.41, 5.74) is 0.440. The summed E-state index contributed by atoms with van der Waals surface area (Å²) in [6, 6.07) is 0. The van der Waals surface area contributed by atoms with E-state index in [-0.39, 0.29) is 5.41 Å². The third-order valence-electron chi connectivity index (χ3n) is 3.77. The van der Waals surface area contributed by atoms with Gasteiger partial charge < -0.3 is 14.2 Å². The van der Waals surface area contributed by atoms with Crippen LogP contribution in [0.4, 0.5) is 0 Å². The molecule has 0 aromatic carbocycles. The van der Waals surface area contributed by atoms with Crippen LogP contribution in [0.15, 0.2) is 0 Å². The molecular weight excluding hydrogens is 204 g/mol. The Bertz CT molecular complexity index is 196. The minimum Gasteiger partial charge on any atom is -0.384 e. The van der Waals surface area contributed by atoms with Crippen LogP contribution in [-0.2, 0) is 14.2 Å². The largest absolute Gasteiger partial charge is 0.384 e. The van der Waals surface area contributed by atoms with Gasteiger partial charge in [-0.15, -0.1) is 0 Å². The van der Waals surface area contributed by atoms with E-state index in [1.807, 2.05) is 0 Å². The van der Waals surface area contributed by atoms with E-state index in [4.69, 9.17) is 14.2 Å². The fourth-order valence-electron chi connectivity index (χ4n) is 1.89. The summed E-state index contributed by atoms with van der Waals surface area (Å²) in [5.74, 6) is 0. The highest BCUT2D eigenvalue weighted by Crippen LogP contribution is 2.32. The normalized spacial score (nSPS) is 22.5. The van der Waals surface area contributed by atoms with Crippen LogP contribution in [0, 0.1) is 10.8 Å². The van der Waals surface area contributed by atoms with Gasteiger partial charge in [0.25, 0.3) is 0 Å². The molecule has 1 fully saturated rings. The lowest BCUT2D eigenvalue weighted by molar-refractivity contribution is -0.158. The monoisotopic (exact) mass is 230 g/mol. The van der Waals surface area contributed by atoms with Gasteiger partial charge in [-0.1, -0.05) is 20.8 Å². The number of ether oxygens (including phenoxy) is 3. The van der Waals surface area contributed by atoms with E-state index in [9.17, 15) is 0 Å². The summed E-state index contributed by atoms with van der Waals surface area (Å²) < 4.78 is 16.4. The summed E-state index contributed by atoms with van der Waals surface area (Å²) >= 11 is 0. The summed E-state index contributed by atoms with van der Waals surface area (Å²) in [6.45, 7) is 10.7. The molecule has 3 nitrogen and oxygen atoms in total. The van der Waals surface area contributed by atoms with Crippen LogP contribution in [0.25, 0.3) is 0 Å². The predicted octanol–water partition coefficient (Wildman–Crippen LogP) is 2.49. The van der Waals surface area contributed by atoms with Crippen LogP contribution in [0.5, 0.6) is 0 Å². The third-order valence-corrected chi connectivity index (χ3v) is 3.77. The first-order valence-corrected chi connectivity index (χ1v) is 6.24. The molecule has 96 valence electrons. The van der Waals surface area contributed by atoms with E-state index in [1.165, 1.54) is 0 Å². The second-order valence-electron chi connectivity index (χ2n) is 5.44. The molecule has 0 bridgehead atoms. The minimum atomic E-state index is 0.147. The fraction of sp³-hybridized carbons (Fsp3) is 1.00. The number of hydrogen-bond donors (Lipinski definition) is 0. The maximum atomic E-state index is 5.88. The van der Waals surface area contributed by atoms with Crippen molar-refractivity contribution >= 4 is 0 Å².